The number of nitrogen functional groups attached to an aromatic ring is 1. The van der Waals surface area contributed by atoms with Gasteiger partial charge in [-0.25, -0.2) is 4.98 Å². The minimum absolute atomic E-state index is 0.00863. The molecule has 36 heavy (non-hydrogen) atoms. The Kier molecular flexibility index (Phi) is 7.55. The molecule has 10 atom stereocenters. The summed E-state index contributed by atoms with van der Waals surface area (Å²) in [6.07, 6.45) is -7.85. The Hall–Kier alpha value is -2.74. The largest absolute Gasteiger partial charge is 0.389 e. The van der Waals surface area contributed by atoms with E-state index < -0.39 is 72.5 Å². The number of hydrogen-bond acceptors (Lipinski definition) is 14. The van der Waals surface area contributed by atoms with Gasteiger partial charge in [0.25, 0.3) is 5.56 Å². The van der Waals surface area contributed by atoms with Crippen molar-refractivity contribution in [3.63, 3.8) is 0 Å². The van der Waals surface area contributed by atoms with Crippen LogP contribution in [0, 0.1) is 0 Å². The Balaban J connectivity index is 1.39. The summed E-state index contributed by atoms with van der Waals surface area (Å²) >= 11 is 0. The standard InChI is InChI=1S/C19H31N9O8/c20-5-1-6(21)15(14(33)11(5)30)36-18-9(22)13(32)12(31)7(35-18)2-24-8(29)3-28-4-25-10-16(28)26-19(23)27-17(10)34/h4-7,9,11-15,18,30-33H,1-3,20-22H2,(H,24,29)(H3,23,26,27,34)/t5-,6+,7-,9-,11+,12-,13-,14-,15-,18-/m1/s1. The zero-order valence-electron chi connectivity index (χ0n) is 19.0. The zero-order chi connectivity index (χ0) is 26.3. The SMILES string of the molecule is Nc1nc2c(ncn2CC(=O)NC[C@H]2O[C@H](O[C@H]3[C@H](O)[C@@H](O)[C@H](N)C[C@@H]3N)[C@H](N)[C@@H](O)[C@@H]2O)c(=O)[nH]1. The number of aromatic nitrogens is 4. The van der Waals surface area contributed by atoms with Crippen LogP contribution in [0.15, 0.2) is 11.1 Å². The summed E-state index contributed by atoms with van der Waals surface area (Å²) in [7, 11) is 0. The molecular formula is C19H31N9O8. The molecule has 1 amide bonds. The van der Waals surface area contributed by atoms with Crippen molar-refractivity contribution in [3.05, 3.63) is 16.7 Å². The molecule has 2 aromatic heterocycles. The van der Waals surface area contributed by atoms with Gasteiger partial charge in [0.1, 0.15) is 37.1 Å². The smallest absolute Gasteiger partial charge is 0.280 e. The van der Waals surface area contributed by atoms with Crippen molar-refractivity contribution in [2.24, 2.45) is 17.2 Å². The number of imidazole rings is 1. The van der Waals surface area contributed by atoms with Crippen LogP contribution in [0.4, 0.5) is 5.95 Å². The third-order valence-electron chi connectivity index (χ3n) is 6.44. The Labute approximate surface area is 203 Å². The van der Waals surface area contributed by atoms with Gasteiger partial charge in [-0.3, -0.25) is 14.6 Å². The number of fused-ring (bicyclic) bond motifs is 1. The maximum atomic E-state index is 12.5. The molecule has 17 nitrogen and oxygen atoms in total. The van der Waals surface area contributed by atoms with Gasteiger partial charge in [-0.2, -0.15) is 4.98 Å². The van der Waals surface area contributed by atoms with Crippen molar-refractivity contribution in [1.82, 2.24) is 24.8 Å². The quantitative estimate of drug-likeness (QED) is 0.172. The number of aliphatic hydroxyl groups excluding tert-OH is 4. The molecule has 0 aromatic carbocycles. The van der Waals surface area contributed by atoms with Gasteiger partial charge in [-0.05, 0) is 6.42 Å². The van der Waals surface area contributed by atoms with E-state index in [0.717, 1.165) is 0 Å². The predicted molar refractivity (Wildman–Crippen MR) is 122 cm³/mol. The van der Waals surface area contributed by atoms with Crippen molar-refractivity contribution in [2.75, 3.05) is 12.3 Å². The number of carbonyl (C=O) groups excluding carboxylic acids is 1. The molecule has 0 spiro atoms. The number of carbonyl (C=O) groups is 1. The number of ether oxygens (including phenoxy) is 2. The molecule has 3 heterocycles. The van der Waals surface area contributed by atoms with Crippen LogP contribution in [0.3, 0.4) is 0 Å². The lowest BCUT2D eigenvalue weighted by atomic mass is 9.84. The number of H-pyrrole nitrogens is 1. The summed E-state index contributed by atoms with van der Waals surface area (Å²) in [5.41, 5.74) is 22.8. The fourth-order valence-corrected chi connectivity index (χ4v) is 4.38. The first-order chi connectivity index (χ1) is 17.0. The van der Waals surface area contributed by atoms with Crippen LogP contribution in [0.25, 0.3) is 11.2 Å². The predicted octanol–water partition coefficient (Wildman–Crippen LogP) is -6.24. The number of nitrogens with two attached hydrogens (primary N) is 4. The van der Waals surface area contributed by atoms with E-state index in [0.29, 0.717) is 0 Å². The molecule has 1 saturated heterocycles. The summed E-state index contributed by atoms with van der Waals surface area (Å²) < 4.78 is 12.7. The van der Waals surface area contributed by atoms with E-state index in [9.17, 15) is 30.0 Å². The lowest BCUT2D eigenvalue weighted by molar-refractivity contribution is -0.288. The normalized spacial score (nSPS) is 37.2. The number of anilines is 1. The van der Waals surface area contributed by atoms with Gasteiger partial charge >= 0.3 is 0 Å². The van der Waals surface area contributed by atoms with Crippen molar-refractivity contribution in [1.29, 1.82) is 0 Å². The van der Waals surface area contributed by atoms with Crippen LogP contribution in [-0.4, -0.2) is 113 Å². The van der Waals surface area contributed by atoms with Crippen LogP contribution in [0.2, 0.25) is 0 Å². The fraction of sp³-hybridized carbons (Fsp3) is 0.684. The van der Waals surface area contributed by atoms with Crippen molar-refractivity contribution >= 4 is 23.0 Å². The van der Waals surface area contributed by atoms with Crippen molar-refractivity contribution < 1.29 is 34.7 Å². The Bertz CT molecular complexity index is 1140. The van der Waals surface area contributed by atoms with Crippen LogP contribution >= 0.6 is 0 Å². The number of aliphatic hydroxyl groups is 4. The van der Waals surface area contributed by atoms with Crippen LogP contribution < -0.4 is 33.8 Å². The molecule has 17 heteroatoms. The van der Waals surface area contributed by atoms with Crippen LogP contribution in [0.5, 0.6) is 0 Å². The van der Waals surface area contributed by atoms with Gasteiger partial charge in [0.15, 0.2) is 17.5 Å². The molecule has 4 rings (SSSR count). The van der Waals surface area contributed by atoms with Gasteiger partial charge in [0.05, 0.1) is 18.5 Å². The minimum atomic E-state index is -1.49. The third-order valence-corrected chi connectivity index (χ3v) is 6.44. The Morgan fingerprint density at radius 1 is 1.17 bits per heavy atom. The second-order valence-electron chi connectivity index (χ2n) is 9.05. The number of amides is 1. The number of aromatic amines is 1. The van der Waals surface area contributed by atoms with Crippen molar-refractivity contribution in [2.45, 2.75) is 74.0 Å². The molecule has 0 radical (unpaired) electrons. The molecule has 1 aliphatic heterocycles. The van der Waals surface area contributed by atoms with Crippen LogP contribution in [-0.2, 0) is 20.8 Å². The highest BCUT2D eigenvalue weighted by Gasteiger charge is 2.48. The average Bonchev–Trinajstić information content (AvgIpc) is 3.22. The summed E-state index contributed by atoms with van der Waals surface area (Å²) in [5, 5.41) is 43.8. The third kappa shape index (κ3) is 5.05. The average molecular weight is 514 g/mol. The minimum Gasteiger partial charge on any atom is -0.389 e. The van der Waals surface area contributed by atoms with E-state index in [2.05, 4.69) is 20.3 Å². The molecular weight excluding hydrogens is 482 g/mol. The molecule has 1 aliphatic carbocycles. The first kappa shape index (κ1) is 26.3. The van der Waals surface area contributed by atoms with Gasteiger partial charge in [-0.1, -0.05) is 0 Å². The molecule has 200 valence electrons. The number of hydrogen-bond donors (Lipinski definition) is 10. The van der Waals surface area contributed by atoms with Gasteiger partial charge in [0.2, 0.25) is 11.9 Å². The summed E-state index contributed by atoms with van der Waals surface area (Å²) in [4.78, 5) is 34.6. The van der Waals surface area contributed by atoms with Gasteiger partial charge in [-0.15, -0.1) is 0 Å². The molecule has 2 aromatic rings. The topological polar surface area (TPSA) is 296 Å². The van der Waals surface area contributed by atoms with Crippen molar-refractivity contribution in [3.8, 4) is 0 Å². The van der Waals surface area contributed by atoms with Gasteiger partial charge in [0, 0.05) is 18.6 Å². The monoisotopic (exact) mass is 513 g/mol. The highest BCUT2D eigenvalue weighted by atomic mass is 16.7. The molecule has 0 unspecified atom stereocenters. The van der Waals surface area contributed by atoms with E-state index in [4.69, 9.17) is 32.4 Å². The lowest BCUT2D eigenvalue weighted by Gasteiger charge is -2.45. The molecule has 14 N–H and O–H groups in total. The molecule has 1 saturated carbocycles. The maximum Gasteiger partial charge on any atom is 0.280 e. The maximum absolute atomic E-state index is 12.5. The van der Waals surface area contributed by atoms with E-state index in [-0.39, 0.29) is 36.6 Å². The number of nitrogens with one attached hydrogen (secondary N) is 2. The second-order valence-corrected chi connectivity index (χ2v) is 9.05. The summed E-state index contributed by atoms with van der Waals surface area (Å²) in [6.45, 7) is -0.530. The summed E-state index contributed by atoms with van der Waals surface area (Å²) in [6, 6.07) is -2.72. The van der Waals surface area contributed by atoms with Crippen LogP contribution in [0.1, 0.15) is 6.42 Å². The second kappa shape index (κ2) is 10.3. The highest BCUT2D eigenvalue weighted by molar-refractivity contribution is 5.78. The van der Waals surface area contributed by atoms with Gasteiger partial charge < -0.3 is 62.7 Å². The lowest BCUT2D eigenvalue weighted by Crippen LogP contribution is -2.67. The Morgan fingerprint density at radius 3 is 2.61 bits per heavy atom. The highest BCUT2D eigenvalue weighted by Crippen LogP contribution is 2.27. The van der Waals surface area contributed by atoms with E-state index in [1.807, 2.05) is 0 Å². The van der Waals surface area contributed by atoms with E-state index in [1.165, 1.54) is 10.9 Å². The first-order valence-electron chi connectivity index (χ1n) is 11.2. The molecule has 0 bridgehead atoms. The number of nitrogens with zero attached hydrogens (tertiary/aromatic N) is 3. The van der Waals surface area contributed by atoms with E-state index in [1.54, 1.807) is 0 Å². The molecule has 2 aliphatic rings. The molecule has 2 fully saturated rings. The number of rotatable bonds is 6. The Morgan fingerprint density at radius 2 is 1.89 bits per heavy atom. The van der Waals surface area contributed by atoms with E-state index >= 15 is 0 Å². The fourth-order valence-electron chi connectivity index (χ4n) is 4.38. The first-order valence-corrected chi connectivity index (χ1v) is 11.2. The zero-order valence-corrected chi connectivity index (χ0v) is 19.0. The summed E-state index contributed by atoms with van der Waals surface area (Å²) in [5.74, 6) is -0.684.